The summed E-state index contributed by atoms with van der Waals surface area (Å²) in [4.78, 5) is 12.0. The van der Waals surface area contributed by atoms with Crippen LogP contribution in [-0.2, 0) is 9.84 Å². The molecule has 0 aliphatic heterocycles. The van der Waals surface area contributed by atoms with Crippen molar-refractivity contribution in [1.29, 1.82) is 0 Å². The predicted molar refractivity (Wildman–Crippen MR) is 79.1 cm³/mol. The molecule has 1 fully saturated rings. The number of Topliss-reactive ketones (excluding diaryl/α,β-unsaturated/α-hetero) is 1. The lowest BCUT2D eigenvalue weighted by Gasteiger charge is -2.09. The van der Waals surface area contributed by atoms with Crippen LogP contribution in [0.2, 0.25) is 0 Å². The molecule has 0 unspecified atom stereocenters. The maximum Gasteiger partial charge on any atom is 0.177 e. The zero-order valence-electron chi connectivity index (χ0n) is 10.6. The first-order chi connectivity index (χ1) is 8.96. The van der Waals surface area contributed by atoms with Crippen LogP contribution in [0.25, 0.3) is 0 Å². The first-order valence-electron chi connectivity index (χ1n) is 6.45. The molecule has 5 heteroatoms. The number of carbonyl (C=O) groups is 1. The molecule has 1 aromatic rings. The Balaban J connectivity index is 1.99. The van der Waals surface area contributed by atoms with E-state index in [9.17, 15) is 13.2 Å². The summed E-state index contributed by atoms with van der Waals surface area (Å²) in [5.41, 5.74) is 0.457. The minimum absolute atomic E-state index is 0.162. The SMILES string of the molecule is O=C(CS(=O)(=O)CC1CCCC1)c1ccc(Br)cc1. The Morgan fingerprint density at radius 2 is 1.74 bits per heavy atom. The summed E-state index contributed by atoms with van der Waals surface area (Å²) < 4.78 is 24.9. The van der Waals surface area contributed by atoms with Gasteiger partial charge in [-0.05, 0) is 30.9 Å². The van der Waals surface area contributed by atoms with Crippen LogP contribution in [0, 0.1) is 5.92 Å². The van der Waals surface area contributed by atoms with E-state index in [1.54, 1.807) is 24.3 Å². The van der Waals surface area contributed by atoms with Gasteiger partial charge < -0.3 is 0 Å². The van der Waals surface area contributed by atoms with Gasteiger partial charge in [-0.3, -0.25) is 4.79 Å². The van der Waals surface area contributed by atoms with Crippen molar-refractivity contribution in [1.82, 2.24) is 0 Å². The number of sulfone groups is 1. The summed E-state index contributed by atoms with van der Waals surface area (Å²) in [6.07, 6.45) is 4.18. The third kappa shape index (κ3) is 4.42. The lowest BCUT2D eigenvalue weighted by atomic mass is 10.1. The predicted octanol–water partition coefficient (Wildman–Crippen LogP) is 3.24. The first-order valence-corrected chi connectivity index (χ1v) is 9.07. The van der Waals surface area contributed by atoms with Gasteiger partial charge in [-0.2, -0.15) is 0 Å². The second kappa shape index (κ2) is 6.18. The average molecular weight is 345 g/mol. The molecule has 0 saturated heterocycles. The van der Waals surface area contributed by atoms with E-state index in [1.807, 2.05) is 0 Å². The number of rotatable bonds is 5. The van der Waals surface area contributed by atoms with Crippen molar-refractivity contribution in [2.75, 3.05) is 11.5 Å². The molecule has 1 aliphatic carbocycles. The van der Waals surface area contributed by atoms with Gasteiger partial charge in [0.25, 0.3) is 0 Å². The third-order valence-electron chi connectivity index (χ3n) is 3.48. The normalized spacial score (nSPS) is 16.7. The number of hydrogen-bond acceptors (Lipinski definition) is 3. The molecule has 0 radical (unpaired) electrons. The molecule has 0 atom stereocenters. The molecule has 0 heterocycles. The molecular formula is C14H17BrO3S. The monoisotopic (exact) mass is 344 g/mol. The minimum atomic E-state index is -3.28. The highest BCUT2D eigenvalue weighted by atomic mass is 79.9. The van der Waals surface area contributed by atoms with Crippen LogP contribution >= 0.6 is 15.9 Å². The van der Waals surface area contributed by atoms with E-state index in [-0.39, 0.29) is 23.2 Å². The van der Waals surface area contributed by atoms with Crippen LogP contribution < -0.4 is 0 Å². The second-order valence-corrected chi connectivity index (χ2v) is 8.16. The first kappa shape index (κ1) is 14.7. The van der Waals surface area contributed by atoms with E-state index in [0.717, 1.165) is 30.2 Å². The largest absolute Gasteiger partial charge is 0.293 e. The zero-order chi connectivity index (χ0) is 13.9. The summed E-state index contributed by atoms with van der Waals surface area (Å²) in [5.74, 6) is -0.270. The Morgan fingerprint density at radius 3 is 2.32 bits per heavy atom. The van der Waals surface area contributed by atoms with Crippen molar-refractivity contribution < 1.29 is 13.2 Å². The Labute approximate surface area is 122 Å². The van der Waals surface area contributed by atoms with Gasteiger partial charge in [0.15, 0.2) is 15.6 Å². The molecule has 1 saturated carbocycles. The van der Waals surface area contributed by atoms with E-state index < -0.39 is 9.84 Å². The van der Waals surface area contributed by atoms with Gasteiger partial charge >= 0.3 is 0 Å². The van der Waals surface area contributed by atoms with Crippen LogP contribution in [0.1, 0.15) is 36.0 Å². The summed E-state index contributed by atoms with van der Waals surface area (Å²) in [6, 6.07) is 6.79. The highest BCUT2D eigenvalue weighted by molar-refractivity contribution is 9.10. The van der Waals surface area contributed by atoms with Gasteiger partial charge in [-0.25, -0.2) is 8.42 Å². The lowest BCUT2D eigenvalue weighted by Crippen LogP contribution is -2.22. The number of halogens is 1. The van der Waals surface area contributed by atoms with E-state index in [0.29, 0.717) is 5.56 Å². The molecule has 0 bridgehead atoms. The van der Waals surface area contributed by atoms with Gasteiger partial charge in [0.1, 0.15) is 5.75 Å². The maximum absolute atomic E-state index is 12.0. The van der Waals surface area contributed by atoms with E-state index in [1.165, 1.54) is 0 Å². The summed E-state index contributed by atoms with van der Waals surface area (Å²) >= 11 is 3.28. The molecule has 1 aliphatic rings. The molecule has 0 spiro atoms. The van der Waals surface area contributed by atoms with Gasteiger partial charge in [-0.15, -0.1) is 0 Å². The van der Waals surface area contributed by atoms with Crippen LogP contribution in [0.4, 0.5) is 0 Å². The maximum atomic E-state index is 12.0. The van der Waals surface area contributed by atoms with Crippen LogP contribution in [0.5, 0.6) is 0 Å². The standard InChI is InChI=1S/C14H17BrO3S/c15-13-7-5-12(6-8-13)14(16)10-19(17,18)9-11-3-1-2-4-11/h5-8,11H,1-4,9-10H2. The number of carbonyl (C=O) groups excluding carboxylic acids is 1. The van der Waals surface area contributed by atoms with E-state index in [4.69, 9.17) is 0 Å². The van der Waals surface area contributed by atoms with E-state index >= 15 is 0 Å². The summed E-state index contributed by atoms with van der Waals surface area (Å²) in [6.45, 7) is 0. The molecule has 0 aromatic heterocycles. The fraction of sp³-hybridized carbons (Fsp3) is 0.500. The summed E-state index contributed by atoms with van der Waals surface area (Å²) in [7, 11) is -3.28. The highest BCUT2D eigenvalue weighted by Gasteiger charge is 2.25. The van der Waals surface area contributed by atoms with Crippen molar-refractivity contribution in [2.45, 2.75) is 25.7 Å². The Kier molecular flexibility index (Phi) is 4.79. The number of hydrogen-bond donors (Lipinski definition) is 0. The number of benzene rings is 1. The number of ketones is 1. The highest BCUT2D eigenvalue weighted by Crippen LogP contribution is 2.26. The third-order valence-corrected chi connectivity index (χ3v) is 5.69. The second-order valence-electron chi connectivity index (χ2n) is 5.14. The van der Waals surface area contributed by atoms with E-state index in [2.05, 4.69) is 15.9 Å². The van der Waals surface area contributed by atoms with Crippen molar-refractivity contribution in [2.24, 2.45) is 5.92 Å². The van der Waals surface area contributed by atoms with Crippen molar-refractivity contribution in [3.05, 3.63) is 34.3 Å². The molecule has 3 nitrogen and oxygen atoms in total. The fourth-order valence-electron chi connectivity index (χ4n) is 2.51. The molecule has 0 amide bonds. The lowest BCUT2D eigenvalue weighted by molar-refractivity contribution is 0.102. The molecule has 104 valence electrons. The zero-order valence-corrected chi connectivity index (χ0v) is 13.0. The van der Waals surface area contributed by atoms with Crippen LogP contribution in [0.3, 0.4) is 0 Å². The van der Waals surface area contributed by atoms with Gasteiger partial charge in [0, 0.05) is 10.0 Å². The Hall–Kier alpha value is -0.680. The minimum Gasteiger partial charge on any atom is -0.293 e. The average Bonchev–Trinajstić information content (AvgIpc) is 2.81. The summed E-state index contributed by atoms with van der Waals surface area (Å²) in [5, 5.41) is 0. The molecular weight excluding hydrogens is 328 g/mol. The Morgan fingerprint density at radius 1 is 1.16 bits per heavy atom. The van der Waals surface area contributed by atoms with Crippen molar-refractivity contribution >= 4 is 31.6 Å². The molecule has 0 N–H and O–H groups in total. The quantitative estimate of drug-likeness (QED) is 0.770. The van der Waals surface area contributed by atoms with Gasteiger partial charge in [-0.1, -0.05) is 40.9 Å². The molecule has 2 rings (SSSR count). The molecule has 1 aromatic carbocycles. The van der Waals surface area contributed by atoms with Crippen LogP contribution in [-0.4, -0.2) is 25.7 Å². The fourth-order valence-corrected chi connectivity index (χ4v) is 4.51. The Bertz CT molecular complexity index is 543. The van der Waals surface area contributed by atoms with Crippen molar-refractivity contribution in [3.8, 4) is 0 Å². The van der Waals surface area contributed by atoms with Gasteiger partial charge in [0.2, 0.25) is 0 Å². The topological polar surface area (TPSA) is 51.2 Å². The van der Waals surface area contributed by atoms with Crippen molar-refractivity contribution in [3.63, 3.8) is 0 Å². The molecule has 19 heavy (non-hydrogen) atoms. The van der Waals surface area contributed by atoms with Gasteiger partial charge in [0.05, 0.1) is 5.75 Å². The smallest absolute Gasteiger partial charge is 0.177 e. The van der Waals surface area contributed by atoms with Crippen LogP contribution in [0.15, 0.2) is 28.7 Å².